The average Bonchev–Trinajstić information content (AvgIpc) is 2.64. The number of hydrogen-bond acceptors (Lipinski definition) is 4. The van der Waals surface area contributed by atoms with Gasteiger partial charge >= 0.3 is 6.09 Å². The minimum absolute atomic E-state index is 0.186. The molecule has 2 heterocycles. The Balaban J connectivity index is 2.09. The van der Waals surface area contributed by atoms with Crippen LogP contribution >= 0.6 is 0 Å². The van der Waals surface area contributed by atoms with Gasteiger partial charge in [-0.1, -0.05) is 0 Å². The van der Waals surface area contributed by atoms with E-state index in [-0.39, 0.29) is 12.1 Å². The van der Waals surface area contributed by atoms with Crippen molar-refractivity contribution >= 4 is 6.09 Å². The molecule has 19 heavy (non-hydrogen) atoms. The Morgan fingerprint density at radius 2 is 2.05 bits per heavy atom. The first kappa shape index (κ1) is 14.6. The van der Waals surface area contributed by atoms with Gasteiger partial charge in [-0.15, -0.1) is 0 Å². The van der Waals surface area contributed by atoms with Gasteiger partial charge in [0.2, 0.25) is 0 Å². The normalized spacial score (nSPS) is 32.3. The lowest BCUT2D eigenvalue weighted by Crippen LogP contribution is -2.49. The van der Waals surface area contributed by atoms with E-state index in [1.165, 1.54) is 0 Å². The lowest BCUT2D eigenvalue weighted by molar-refractivity contribution is 0.0142. The molecule has 0 spiro atoms. The molecule has 2 fully saturated rings. The fourth-order valence-electron chi connectivity index (χ4n) is 3.29. The van der Waals surface area contributed by atoms with Gasteiger partial charge in [-0.2, -0.15) is 0 Å². The average molecular weight is 269 g/mol. The van der Waals surface area contributed by atoms with Crippen LogP contribution in [-0.4, -0.2) is 60.8 Å². The maximum atomic E-state index is 12.3. The second kappa shape index (κ2) is 5.29. The summed E-state index contributed by atoms with van der Waals surface area (Å²) >= 11 is 0. The third-order valence-electron chi connectivity index (χ3n) is 4.20. The Hall–Kier alpha value is -0.810. The van der Waals surface area contributed by atoms with Crippen LogP contribution in [-0.2, 0) is 4.74 Å². The molecule has 0 aromatic carbocycles. The van der Waals surface area contributed by atoms with Crippen LogP contribution in [0.2, 0.25) is 0 Å². The summed E-state index contributed by atoms with van der Waals surface area (Å²) in [5.41, 5.74) is 5.44. The van der Waals surface area contributed by atoms with Crippen molar-refractivity contribution in [1.82, 2.24) is 9.80 Å². The van der Waals surface area contributed by atoms with Gasteiger partial charge in [0, 0.05) is 13.1 Å². The molecule has 2 N–H and O–H groups in total. The molecule has 2 saturated heterocycles. The third-order valence-corrected chi connectivity index (χ3v) is 4.20. The molecule has 2 aliphatic heterocycles. The third kappa shape index (κ3) is 3.20. The van der Waals surface area contributed by atoms with Crippen molar-refractivity contribution in [2.75, 3.05) is 33.2 Å². The van der Waals surface area contributed by atoms with Crippen molar-refractivity contribution in [2.24, 2.45) is 17.6 Å². The Bertz CT molecular complexity index is 340. The van der Waals surface area contributed by atoms with Gasteiger partial charge in [-0.05, 0) is 59.2 Å². The Morgan fingerprint density at radius 1 is 1.37 bits per heavy atom. The summed E-state index contributed by atoms with van der Waals surface area (Å²) in [5.74, 6) is 0.958. The van der Waals surface area contributed by atoms with E-state index < -0.39 is 5.60 Å². The fraction of sp³-hybridized carbons (Fsp3) is 0.929. The summed E-state index contributed by atoms with van der Waals surface area (Å²) in [6, 6.07) is 0.266. The number of amides is 1. The smallest absolute Gasteiger partial charge is 0.410 e. The molecule has 0 aromatic rings. The fourth-order valence-corrected chi connectivity index (χ4v) is 3.29. The van der Waals surface area contributed by atoms with Crippen molar-refractivity contribution in [3.63, 3.8) is 0 Å². The molecule has 1 amide bonds. The number of ether oxygens (including phenoxy) is 1. The van der Waals surface area contributed by atoms with Crippen molar-refractivity contribution in [1.29, 1.82) is 0 Å². The van der Waals surface area contributed by atoms with Gasteiger partial charge in [0.25, 0.3) is 0 Å². The second-order valence-electron chi connectivity index (χ2n) is 6.91. The van der Waals surface area contributed by atoms with Gasteiger partial charge in [0.15, 0.2) is 0 Å². The van der Waals surface area contributed by atoms with E-state index in [0.29, 0.717) is 18.4 Å². The second-order valence-corrected chi connectivity index (χ2v) is 6.91. The molecule has 110 valence electrons. The van der Waals surface area contributed by atoms with Crippen LogP contribution in [0.3, 0.4) is 0 Å². The van der Waals surface area contributed by atoms with Gasteiger partial charge in [-0.25, -0.2) is 4.79 Å². The molecule has 0 aliphatic carbocycles. The van der Waals surface area contributed by atoms with E-state index in [0.717, 1.165) is 26.1 Å². The van der Waals surface area contributed by atoms with E-state index in [9.17, 15) is 4.79 Å². The molecule has 2 aliphatic rings. The zero-order valence-corrected chi connectivity index (χ0v) is 12.6. The van der Waals surface area contributed by atoms with E-state index in [2.05, 4.69) is 11.9 Å². The molecule has 5 heteroatoms. The zero-order valence-electron chi connectivity index (χ0n) is 12.6. The van der Waals surface area contributed by atoms with Crippen LogP contribution < -0.4 is 5.73 Å². The van der Waals surface area contributed by atoms with Crippen LogP contribution in [0, 0.1) is 11.8 Å². The topological polar surface area (TPSA) is 58.8 Å². The Labute approximate surface area is 116 Å². The highest BCUT2D eigenvalue weighted by Gasteiger charge is 2.46. The Morgan fingerprint density at radius 3 is 2.63 bits per heavy atom. The maximum absolute atomic E-state index is 12.3. The maximum Gasteiger partial charge on any atom is 0.410 e. The number of likely N-dealkylation sites (tertiary alicyclic amines) is 2. The summed E-state index contributed by atoms with van der Waals surface area (Å²) in [5, 5.41) is 0. The van der Waals surface area contributed by atoms with Gasteiger partial charge < -0.3 is 20.3 Å². The highest BCUT2D eigenvalue weighted by atomic mass is 16.6. The number of piperidine rings is 1. The number of rotatable bonds is 1. The number of nitrogens with two attached hydrogens (primary N) is 1. The predicted octanol–water partition coefficient (Wildman–Crippen LogP) is 1.13. The number of carbonyl (C=O) groups is 1. The van der Waals surface area contributed by atoms with E-state index in [1.54, 1.807) is 0 Å². The number of fused-ring (bicyclic) bond motifs is 1. The molecule has 0 saturated carbocycles. The highest BCUT2D eigenvalue weighted by Crippen LogP contribution is 2.36. The minimum atomic E-state index is -0.437. The van der Waals surface area contributed by atoms with Gasteiger partial charge in [-0.3, -0.25) is 0 Å². The number of nitrogens with zero attached hydrogens (tertiary/aromatic N) is 2. The van der Waals surface area contributed by atoms with Gasteiger partial charge in [0.05, 0.1) is 6.04 Å². The molecule has 3 atom stereocenters. The van der Waals surface area contributed by atoms with Crippen molar-refractivity contribution < 1.29 is 9.53 Å². The van der Waals surface area contributed by atoms with Crippen LogP contribution in [0.1, 0.15) is 27.2 Å². The Kier molecular flexibility index (Phi) is 4.06. The molecule has 0 aromatic heterocycles. The van der Waals surface area contributed by atoms with Crippen molar-refractivity contribution in [3.8, 4) is 0 Å². The quantitative estimate of drug-likeness (QED) is 0.775. The zero-order chi connectivity index (χ0) is 14.2. The summed E-state index contributed by atoms with van der Waals surface area (Å²) in [7, 11) is 2.11. The lowest BCUT2D eigenvalue weighted by atomic mass is 9.85. The molecule has 0 bridgehead atoms. The molecular formula is C14H27N3O2. The van der Waals surface area contributed by atoms with E-state index in [4.69, 9.17) is 10.5 Å². The first-order valence-corrected chi connectivity index (χ1v) is 7.20. The largest absolute Gasteiger partial charge is 0.444 e. The summed E-state index contributed by atoms with van der Waals surface area (Å²) in [4.78, 5) is 16.5. The monoisotopic (exact) mass is 269 g/mol. The van der Waals surface area contributed by atoms with Crippen LogP contribution in [0.15, 0.2) is 0 Å². The number of hydrogen-bond donors (Lipinski definition) is 1. The summed E-state index contributed by atoms with van der Waals surface area (Å²) < 4.78 is 5.53. The molecular weight excluding hydrogens is 242 g/mol. The van der Waals surface area contributed by atoms with Crippen molar-refractivity contribution in [3.05, 3.63) is 0 Å². The van der Waals surface area contributed by atoms with Crippen LogP contribution in [0.5, 0.6) is 0 Å². The standard InChI is InChI=1S/C14H27N3O2/c1-14(2,3)19-13(18)17-8-10(7-15)11-5-6-16(4)9-12(11)17/h10-12H,5-9,15H2,1-4H3. The molecule has 3 unspecified atom stereocenters. The molecule has 2 rings (SSSR count). The minimum Gasteiger partial charge on any atom is -0.444 e. The van der Waals surface area contributed by atoms with Crippen LogP contribution in [0.4, 0.5) is 4.79 Å². The van der Waals surface area contributed by atoms with E-state index in [1.807, 2.05) is 25.7 Å². The lowest BCUT2D eigenvalue weighted by Gasteiger charge is -2.37. The van der Waals surface area contributed by atoms with E-state index >= 15 is 0 Å². The SMILES string of the molecule is CN1CCC2C(CN)CN(C(=O)OC(C)(C)C)C2C1. The summed E-state index contributed by atoms with van der Waals surface area (Å²) in [6.45, 7) is 9.16. The predicted molar refractivity (Wildman–Crippen MR) is 74.9 cm³/mol. The van der Waals surface area contributed by atoms with Crippen LogP contribution in [0.25, 0.3) is 0 Å². The van der Waals surface area contributed by atoms with Gasteiger partial charge in [0.1, 0.15) is 5.60 Å². The first-order chi connectivity index (χ1) is 8.81. The molecule has 0 radical (unpaired) electrons. The number of carbonyl (C=O) groups excluding carboxylic acids is 1. The summed E-state index contributed by atoms with van der Waals surface area (Å²) in [6.07, 6.45) is 0.941. The van der Waals surface area contributed by atoms with Crippen molar-refractivity contribution in [2.45, 2.75) is 38.8 Å². The highest BCUT2D eigenvalue weighted by molar-refractivity contribution is 5.69. The molecule has 5 nitrogen and oxygen atoms in total. The number of likely N-dealkylation sites (N-methyl/N-ethyl adjacent to an activating group) is 1. The first-order valence-electron chi connectivity index (χ1n) is 7.20.